The third kappa shape index (κ3) is 4.04. The number of rotatable bonds is 6. The Morgan fingerprint density at radius 2 is 2.00 bits per heavy atom. The Hall–Kier alpha value is -1.93. The molecule has 0 aliphatic rings. The maximum atomic E-state index is 10.8. The van der Waals surface area contributed by atoms with Crippen LogP contribution in [-0.2, 0) is 0 Å². The molecular weight excluding hydrogens is 248 g/mol. The number of hydrazine groups is 1. The zero-order chi connectivity index (χ0) is 14.6. The zero-order valence-corrected chi connectivity index (χ0v) is 11.6. The Bertz CT molecular complexity index is 460. The molecule has 106 valence electrons. The molecule has 0 atom stereocenters. The van der Waals surface area contributed by atoms with Crippen LogP contribution >= 0.6 is 0 Å². The van der Waals surface area contributed by atoms with Crippen molar-refractivity contribution in [2.45, 2.75) is 19.4 Å². The molecule has 0 aliphatic carbocycles. The highest BCUT2D eigenvalue weighted by Crippen LogP contribution is 2.21. The summed E-state index contributed by atoms with van der Waals surface area (Å²) in [4.78, 5) is 16.5. The van der Waals surface area contributed by atoms with E-state index in [2.05, 4.69) is 34.5 Å². The van der Waals surface area contributed by atoms with E-state index >= 15 is 0 Å². The lowest BCUT2D eigenvalue weighted by Crippen LogP contribution is -2.44. The molecule has 0 aromatic carbocycles. The van der Waals surface area contributed by atoms with Crippen molar-refractivity contribution >= 4 is 17.3 Å². The second-order valence-electron chi connectivity index (χ2n) is 5.06. The normalized spacial score (nSPS) is 11.5. The topological polar surface area (TPSA) is 109 Å². The molecule has 0 bridgehead atoms. The molecule has 1 rings (SSSR count). The van der Waals surface area contributed by atoms with Gasteiger partial charge in [0.2, 0.25) is 0 Å². The molecule has 0 unspecified atom stereocenters. The molecular formula is C11H20N6O2. The highest BCUT2D eigenvalue weighted by Gasteiger charge is 2.20. The lowest BCUT2D eigenvalue weighted by atomic mass is 10.0. The molecule has 0 amide bonds. The lowest BCUT2D eigenvalue weighted by molar-refractivity contribution is -0.384. The molecule has 0 radical (unpaired) electrons. The quantitative estimate of drug-likeness (QED) is 0.401. The van der Waals surface area contributed by atoms with Crippen molar-refractivity contribution in [3.63, 3.8) is 0 Å². The summed E-state index contributed by atoms with van der Waals surface area (Å²) >= 11 is 0. The van der Waals surface area contributed by atoms with Crippen LogP contribution in [-0.4, -0.2) is 41.0 Å². The van der Waals surface area contributed by atoms with E-state index in [1.807, 2.05) is 14.1 Å². The molecule has 1 aromatic rings. The van der Waals surface area contributed by atoms with Crippen LogP contribution in [0.4, 0.5) is 17.3 Å². The van der Waals surface area contributed by atoms with E-state index in [-0.39, 0.29) is 17.0 Å². The van der Waals surface area contributed by atoms with E-state index in [9.17, 15) is 10.1 Å². The maximum Gasteiger partial charge on any atom is 0.276 e. The first-order chi connectivity index (χ1) is 8.76. The fourth-order valence-corrected chi connectivity index (χ4v) is 1.25. The number of pyridine rings is 1. The zero-order valence-electron chi connectivity index (χ0n) is 11.6. The van der Waals surface area contributed by atoms with Gasteiger partial charge in [0, 0.05) is 12.1 Å². The van der Waals surface area contributed by atoms with Gasteiger partial charge in [0.05, 0.1) is 17.1 Å². The maximum absolute atomic E-state index is 10.8. The van der Waals surface area contributed by atoms with E-state index in [4.69, 9.17) is 5.84 Å². The molecule has 0 spiro atoms. The highest BCUT2D eigenvalue weighted by atomic mass is 16.6. The van der Waals surface area contributed by atoms with Gasteiger partial charge in [-0.3, -0.25) is 10.1 Å². The number of hydrogen-bond donors (Lipinski definition) is 3. The smallest absolute Gasteiger partial charge is 0.276 e. The number of nitrogens with zero attached hydrogens (tertiary/aromatic N) is 3. The van der Waals surface area contributed by atoms with Crippen molar-refractivity contribution in [3.05, 3.63) is 22.2 Å². The first-order valence-corrected chi connectivity index (χ1v) is 5.80. The van der Waals surface area contributed by atoms with Gasteiger partial charge in [0.25, 0.3) is 5.69 Å². The number of anilines is 2. The summed E-state index contributed by atoms with van der Waals surface area (Å²) in [7, 11) is 3.94. The minimum Gasteiger partial charge on any atom is -0.368 e. The van der Waals surface area contributed by atoms with Crippen LogP contribution in [0.2, 0.25) is 0 Å². The Morgan fingerprint density at radius 1 is 1.42 bits per heavy atom. The van der Waals surface area contributed by atoms with Gasteiger partial charge in [-0.1, -0.05) is 0 Å². The van der Waals surface area contributed by atoms with Crippen molar-refractivity contribution in [2.24, 2.45) is 5.84 Å². The van der Waals surface area contributed by atoms with Gasteiger partial charge >= 0.3 is 0 Å². The number of nitrogens with two attached hydrogens (primary N) is 1. The average molecular weight is 268 g/mol. The molecule has 19 heavy (non-hydrogen) atoms. The van der Waals surface area contributed by atoms with E-state index in [0.717, 1.165) is 0 Å². The average Bonchev–Trinajstić information content (AvgIpc) is 2.35. The Labute approximate surface area is 112 Å². The predicted octanol–water partition coefficient (Wildman–Crippen LogP) is 1.03. The Morgan fingerprint density at radius 3 is 2.47 bits per heavy atom. The number of nitrogens with one attached hydrogen (secondary N) is 2. The molecule has 1 aromatic heterocycles. The Balaban J connectivity index is 2.89. The van der Waals surface area contributed by atoms with Crippen LogP contribution in [0.1, 0.15) is 13.8 Å². The monoisotopic (exact) mass is 268 g/mol. The summed E-state index contributed by atoms with van der Waals surface area (Å²) in [6, 6.07) is 2.66. The van der Waals surface area contributed by atoms with Gasteiger partial charge in [-0.2, -0.15) is 0 Å². The van der Waals surface area contributed by atoms with Gasteiger partial charge in [-0.05, 0) is 27.9 Å². The van der Waals surface area contributed by atoms with E-state index in [0.29, 0.717) is 12.4 Å². The van der Waals surface area contributed by atoms with Crippen molar-refractivity contribution in [3.8, 4) is 0 Å². The minimum atomic E-state index is -0.481. The highest BCUT2D eigenvalue weighted by molar-refractivity contribution is 5.54. The second-order valence-corrected chi connectivity index (χ2v) is 5.06. The number of nitro groups is 1. The van der Waals surface area contributed by atoms with Crippen molar-refractivity contribution < 1.29 is 4.92 Å². The van der Waals surface area contributed by atoms with E-state index in [1.165, 1.54) is 12.1 Å². The van der Waals surface area contributed by atoms with E-state index in [1.54, 1.807) is 0 Å². The van der Waals surface area contributed by atoms with Gasteiger partial charge in [-0.25, -0.2) is 10.8 Å². The van der Waals surface area contributed by atoms with Crippen molar-refractivity contribution in [1.29, 1.82) is 0 Å². The van der Waals surface area contributed by atoms with Crippen molar-refractivity contribution in [2.75, 3.05) is 31.4 Å². The van der Waals surface area contributed by atoms with Gasteiger partial charge in [0.1, 0.15) is 11.6 Å². The third-order valence-corrected chi connectivity index (χ3v) is 3.08. The molecule has 8 nitrogen and oxygen atoms in total. The predicted molar refractivity (Wildman–Crippen MR) is 75.0 cm³/mol. The third-order valence-electron chi connectivity index (χ3n) is 3.08. The van der Waals surface area contributed by atoms with Crippen LogP contribution in [0, 0.1) is 10.1 Å². The minimum absolute atomic E-state index is 0.0619. The molecule has 0 saturated carbocycles. The first kappa shape index (κ1) is 15.1. The van der Waals surface area contributed by atoms with Gasteiger partial charge in [0.15, 0.2) is 0 Å². The van der Waals surface area contributed by atoms with Crippen LogP contribution in [0.25, 0.3) is 0 Å². The van der Waals surface area contributed by atoms with Crippen molar-refractivity contribution in [1.82, 2.24) is 9.88 Å². The molecule has 0 fully saturated rings. The Kier molecular flexibility index (Phi) is 4.62. The fourth-order valence-electron chi connectivity index (χ4n) is 1.25. The number of aromatic nitrogens is 1. The number of likely N-dealkylation sites (N-methyl/N-ethyl adjacent to an activating group) is 1. The molecule has 4 N–H and O–H groups in total. The van der Waals surface area contributed by atoms with Crippen LogP contribution in [0.5, 0.6) is 0 Å². The lowest BCUT2D eigenvalue weighted by Gasteiger charge is -2.32. The van der Waals surface area contributed by atoms with E-state index < -0.39 is 4.92 Å². The summed E-state index contributed by atoms with van der Waals surface area (Å²) in [6.45, 7) is 4.71. The van der Waals surface area contributed by atoms with Gasteiger partial charge in [-0.15, -0.1) is 0 Å². The number of hydrogen-bond acceptors (Lipinski definition) is 7. The number of nitrogen functional groups attached to an aromatic ring is 1. The summed E-state index contributed by atoms with van der Waals surface area (Å²) in [6.07, 6.45) is 0. The summed E-state index contributed by atoms with van der Waals surface area (Å²) in [5, 5.41) is 13.9. The summed E-state index contributed by atoms with van der Waals surface area (Å²) in [5.41, 5.74) is 2.15. The molecule has 8 heteroatoms. The fraction of sp³-hybridized carbons (Fsp3) is 0.545. The first-order valence-electron chi connectivity index (χ1n) is 5.80. The van der Waals surface area contributed by atoms with Crippen LogP contribution < -0.4 is 16.6 Å². The second kappa shape index (κ2) is 5.81. The molecule has 0 aliphatic heterocycles. The molecule has 1 heterocycles. The van der Waals surface area contributed by atoms with Gasteiger partial charge < -0.3 is 15.6 Å². The SMILES string of the molecule is CN(C)C(C)(C)CNc1cc([N+](=O)[O-])cc(NN)n1. The molecule has 0 saturated heterocycles. The van der Waals surface area contributed by atoms with Crippen LogP contribution in [0.3, 0.4) is 0 Å². The van der Waals surface area contributed by atoms with Crippen LogP contribution in [0.15, 0.2) is 12.1 Å². The summed E-state index contributed by atoms with van der Waals surface area (Å²) < 4.78 is 0. The largest absolute Gasteiger partial charge is 0.368 e. The standard InChI is InChI=1S/C11H20N6O2/c1-11(2,16(3)4)7-13-9-5-8(17(18)19)6-10(14-9)15-12/h5-6H,7,12H2,1-4H3,(H2,13,14,15). The summed E-state index contributed by atoms with van der Waals surface area (Å²) in [5.74, 6) is 5.91.